The Morgan fingerprint density at radius 2 is 2.27 bits per heavy atom. The number of carbonyl (C=O) groups is 1. The third-order valence-corrected chi connectivity index (χ3v) is 3.31. The number of hydrogen-bond donors (Lipinski definition) is 0. The van der Waals surface area contributed by atoms with Crippen LogP contribution >= 0.6 is 50.1 Å². The lowest BCUT2D eigenvalue weighted by molar-refractivity contribution is 0.0525. The Morgan fingerprint density at radius 1 is 1.60 bits per heavy atom. The van der Waals surface area contributed by atoms with Gasteiger partial charge in [-0.15, -0.1) is 0 Å². The summed E-state index contributed by atoms with van der Waals surface area (Å²) in [7, 11) is 0. The van der Waals surface area contributed by atoms with Gasteiger partial charge in [-0.3, -0.25) is 0 Å². The molecule has 0 radical (unpaired) electrons. The van der Waals surface area contributed by atoms with Crippen molar-refractivity contribution in [2.75, 3.05) is 6.61 Å². The molecule has 1 rings (SSSR count). The maximum atomic E-state index is 11.6. The molecule has 1 aromatic carbocycles. The third kappa shape index (κ3) is 3.32. The van der Waals surface area contributed by atoms with Crippen LogP contribution in [0.15, 0.2) is 12.1 Å². The fraction of sp³-hybridized carbons (Fsp3) is 0.300. The van der Waals surface area contributed by atoms with Gasteiger partial charge < -0.3 is 4.74 Å². The van der Waals surface area contributed by atoms with E-state index in [4.69, 9.17) is 16.3 Å². The number of rotatable bonds is 3. The average Bonchev–Trinajstić information content (AvgIpc) is 2.17. The standard InChI is InChI=1S/C10H9BrClIO2/c1-2-15-10(14)7-3-6(13)4-9(12)8(7)5-11/h3-4H,2,5H2,1H3. The van der Waals surface area contributed by atoms with Crippen molar-refractivity contribution >= 4 is 56.1 Å². The first-order valence-electron chi connectivity index (χ1n) is 4.31. The summed E-state index contributed by atoms with van der Waals surface area (Å²) in [5.41, 5.74) is 1.31. The highest BCUT2D eigenvalue weighted by Crippen LogP contribution is 2.26. The van der Waals surface area contributed by atoms with Crippen molar-refractivity contribution in [1.82, 2.24) is 0 Å². The molecule has 15 heavy (non-hydrogen) atoms. The van der Waals surface area contributed by atoms with Crippen LogP contribution in [0.25, 0.3) is 0 Å². The predicted octanol–water partition coefficient (Wildman–Crippen LogP) is 4.02. The summed E-state index contributed by atoms with van der Waals surface area (Å²) in [5.74, 6) is -0.327. The number of halogens is 3. The lowest BCUT2D eigenvalue weighted by Gasteiger charge is -2.09. The van der Waals surface area contributed by atoms with Gasteiger partial charge in [0.05, 0.1) is 12.2 Å². The van der Waals surface area contributed by atoms with Crippen LogP contribution in [0.2, 0.25) is 5.02 Å². The molecule has 82 valence electrons. The molecule has 0 amide bonds. The van der Waals surface area contributed by atoms with Crippen LogP contribution in [0.4, 0.5) is 0 Å². The number of esters is 1. The Morgan fingerprint density at radius 3 is 2.80 bits per heavy atom. The van der Waals surface area contributed by atoms with Gasteiger partial charge in [-0.2, -0.15) is 0 Å². The smallest absolute Gasteiger partial charge is 0.338 e. The molecule has 0 saturated heterocycles. The second-order valence-electron chi connectivity index (χ2n) is 2.77. The van der Waals surface area contributed by atoms with Gasteiger partial charge in [-0.1, -0.05) is 27.5 Å². The lowest BCUT2D eigenvalue weighted by Crippen LogP contribution is -2.08. The molecule has 0 heterocycles. The summed E-state index contributed by atoms with van der Waals surface area (Å²) in [6.07, 6.45) is 0. The Labute approximate surface area is 116 Å². The van der Waals surface area contributed by atoms with Crippen molar-refractivity contribution in [2.45, 2.75) is 12.3 Å². The van der Waals surface area contributed by atoms with Gasteiger partial charge in [0.2, 0.25) is 0 Å². The van der Waals surface area contributed by atoms with Crippen LogP contribution in [-0.4, -0.2) is 12.6 Å². The van der Waals surface area contributed by atoms with E-state index in [0.29, 0.717) is 22.5 Å². The number of carbonyl (C=O) groups excluding carboxylic acids is 1. The van der Waals surface area contributed by atoms with E-state index < -0.39 is 0 Å². The third-order valence-electron chi connectivity index (χ3n) is 1.79. The Hall–Kier alpha value is 0.190. The van der Waals surface area contributed by atoms with Crippen molar-refractivity contribution in [2.24, 2.45) is 0 Å². The van der Waals surface area contributed by atoms with Crippen LogP contribution in [0, 0.1) is 3.57 Å². The van der Waals surface area contributed by atoms with E-state index in [-0.39, 0.29) is 5.97 Å². The zero-order valence-electron chi connectivity index (χ0n) is 8.02. The Kier molecular flexibility index (Phi) is 5.35. The molecule has 0 spiro atoms. The van der Waals surface area contributed by atoms with Crippen LogP contribution in [0.1, 0.15) is 22.8 Å². The molecule has 0 aliphatic heterocycles. The maximum absolute atomic E-state index is 11.6. The highest BCUT2D eigenvalue weighted by atomic mass is 127. The summed E-state index contributed by atoms with van der Waals surface area (Å²) >= 11 is 11.5. The van der Waals surface area contributed by atoms with Crippen molar-refractivity contribution in [3.05, 3.63) is 31.9 Å². The van der Waals surface area contributed by atoms with Gasteiger partial charge >= 0.3 is 5.97 Å². The molecule has 0 aliphatic rings. The molecule has 0 atom stereocenters. The van der Waals surface area contributed by atoms with E-state index in [9.17, 15) is 4.79 Å². The molecule has 0 bridgehead atoms. The zero-order chi connectivity index (χ0) is 11.4. The largest absolute Gasteiger partial charge is 0.462 e. The van der Waals surface area contributed by atoms with E-state index in [2.05, 4.69) is 38.5 Å². The topological polar surface area (TPSA) is 26.3 Å². The van der Waals surface area contributed by atoms with Crippen molar-refractivity contribution in [1.29, 1.82) is 0 Å². The summed E-state index contributed by atoms with van der Waals surface area (Å²) < 4.78 is 5.88. The molecular formula is C10H9BrClIO2. The first-order valence-corrected chi connectivity index (χ1v) is 6.89. The van der Waals surface area contributed by atoms with E-state index in [1.807, 2.05) is 6.07 Å². The normalized spacial score (nSPS) is 10.1. The molecule has 5 heteroatoms. The van der Waals surface area contributed by atoms with Gasteiger partial charge in [0.1, 0.15) is 0 Å². The predicted molar refractivity (Wildman–Crippen MR) is 72.8 cm³/mol. The highest BCUT2D eigenvalue weighted by Gasteiger charge is 2.15. The second kappa shape index (κ2) is 6.06. The van der Waals surface area contributed by atoms with Gasteiger partial charge in [0.15, 0.2) is 0 Å². The molecule has 1 aromatic rings. The van der Waals surface area contributed by atoms with Gasteiger partial charge in [0, 0.05) is 13.9 Å². The molecule has 0 fully saturated rings. The number of hydrogen-bond acceptors (Lipinski definition) is 2. The summed E-state index contributed by atoms with van der Waals surface area (Å²) in [6.45, 7) is 2.14. The van der Waals surface area contributed by atoms with E-state index in [1.165, 1.54) is 0 Å². The molecule has 2 nitrogen and oxygen atoms in total. The fourth-order valence-electron chi connectivity index (χ4n) is 1.13. The second-order valence-corrected chi connectivity index (χ2v) is 4.98. The number of ether oxygens (including phenoxy) is 1. The lowest BCUT2D eigenvalue weighted by atomic mass is 10.1. The molecule has 0 N–H and O–H groups in total. The minimum absolute atomic E-state index is 0.327. The first-order chi connectivity index (χ1) is 7.10. The SMILES string of the molecule is CCOC(=O)c1cc(I)cc(Cl)c1CBr. The summed E-state index contributed by atoms with van der Waals surface area (Å²) in [4.78, 5) is 11.6. The van der Waals surface area contributed by atoms with Crippen molar-refractivity contribution in [3.8, 4) is 0 Å². The molecule has 0 aromatic heterocycles. The number of alkyl halides is 1. The molecule has 0 unspecified atom stereocenters. The van der Waals surface area contributed by atoms with Crippen molar-refractivity contribution in [3.63, 3.8) is 0 Å². The van der Waals surface area contributed by atoms with E-state index >= 15 is 0 Å². The molecule has 0 aliphatic carbocycles. The summed E-state index contributed by atoms with van der Waals surface area (Å²) in [6, 6.07) is 3.60. The highest BCUT2D eigenvalue weighted by molar-refractivity contribution is 14.1. The van der Waals surface area contributed by atoms with Gasteiger partial charge in [-0.25, -0.2) is 4.79 Å². The van der Waals surface area contributed by atoms with Gasteiger partial charge in [-0.05, 0) is 47.2 Å². The average molecular weight is 403 g/mol. The monoisotopic (exact) mass is 402 g/mol. The minimum atomic E-state index is -0.327. The van der Waals surface area contributed by atoms with E-state index in [1.54, 1.807) is 13.0 Å². The van der Waals surface area contributed by atoms with Crippen LogP contribution < -0.4 is 0 Å². The van der Waals surface area contributed by atoms with Crippen molar-refractivity contribution < 1.29 is 9.53 Å². The maximum Gasteiger partial charge on any atom is 0.338 e. The van der Waals surface area contributed by atoms with Crippen LogP contribution in [-0.2, 0) is 10.1 Å². The summed E-state index contributed by atoms with van der Waals surface area (Å²) in [5, 5.41) is 1.12. The van der Waals surface area contributed by atoms with Gasteiger partial charge in [0.25, 0.3) is 0 Å². The first kappa shape index (κ1) is 13.3. The Balaban J connectivity index is 3.20. The minimum Gasteiger partial charge on any atom is -0.462 e. The quantitative estimate of drug-likeness (QED) is 0.433. The number of benzene rings is 1. The Bertz CT molecular complexity index is 382. The molecular weight excluding hydrogens is 394 g/mol. The molecule has 0 saturated carbocycles. The fourth-order valence-corrected chi connectivity index (χ4v) is 2.99. The van der Waals surface area contributed by atoms with E-state index in [0.717, 1.165) is 9.13 Å². The van der Waals surface area contributed by atoms with Crippen LogP contribution in [0.5, 0.6) is 0 Å². The zero-order valence-corrected chi connectivity index (χ0v) is 12.5. The van der Waals surface area contributed by atoms with Crippen LogP contribution in [0.3, 0.4) is 0 Å².